The number of carboxylic acids is 1. The molecule has 3 aromatic rings. The first-order chi connectivity index (χ1) is 19.5. The van der Waals surface area contributed by atoms with Crippen LogP contribution in [0.5, 0.6) is 11.5 Å². The first-order valence-corrected chi connectivity index (χ1v) is 13.2. The summed E-state index contributed by atoms with van der Waals surface area (Å²) in [7, 11) is 0. The quantitative estimate of drug-likeness (QED) is 0.185. The van der Waals surface area contributed by atoms with E-state index in [0.717, 1.165) is 42.9 Å². The lowest BCUT2D eigenvalue weighted by atomic mass is 10.1. The molecule has 5 rings (SSSR count). The molecule has 2 aliphatic rings. The number of likely N-dealkylation sites (tertiary alicyclic amines) is 1. The smallest absolute Gasteiger partial charge is 0.416 e. The standard InChI is InChI=1S/C30H29F5N2O4.2ClH/c31-21-12-22(32)14-24(13-21)41-27(29(38)39)11-18-3-7-23(8-4-18)40-10-9-36-28-25-16-37(17-26(25)28)15-19-1-5-20(6-2-19)30(33,34)35;;/h1-8,12-14,25-28,36H,9-11,15-17H2,(H,38,39);2*1H/t25-,26+,27-,28+;;/m0../s1. The van der Waals surface area contributed by atoms with Gasteiger partial charge in [-0.2, -0.15) is 13.2 Å². The highest BCUT2D eigenvalue weighted by molar-refractivity contribution is 5.85. The van der Waals surface area contributed by atoms with Crippen LogP contribution in [0.25, 0.3) is 0 Å². The number of alkyl halides is 3. The molecule has 0 amide bonds. The van der Waals surface area contributed by atoms with Gasteiger partial charge in [0.05, 0.1) is 5.56 Å². The zero-order valence-corrected chi connectivity index (χ0v) is 24.4. The normalized spacial score (nSPS) is 19.9. The van der Waals surface area contributed by atoms with Crippen LogP contribution in [0.1, 0.15) is 16.7 Å². The first-order valence-electron chi connectivity index (χ1n) is 13.2. The van der Waals surface area contributed by atoms with Crippen LogP contribution in [-0.4, -0.2) is 54.4 Å². The van der Waals surface area contributed by atoms with E-state index in [9.17, 15) is 31.9 Å². The molecule has 2 N–H and O–H groups in total. The van der Waals surface area contributed by atoms with Crippen molar-refractivity contribution >= 4 is 30.8 Å². The van der Waals surface area contributed by atoms with Crippen molar-refractivity contribution in [2.75, 3.05) is 26.2 Å². The highest BCUT2D eigenvalue weighted by Gasteiger charge is 2.55. The monoisotopic (exact) mass is 648 g/mol. The molecule has 3 aromatic carbocycles. The lowest BCUT2D eigenvalue weighted by Gasteiger charge is -2.20. The van der Waals surface area contributed by atoms with Crippen molar-refractivity contribution in [3.05, 3.63) is 95.1 Å². The molecule has 0 aromatic heterocycles. The second-order valence-corrected chi connectivity index (χ2v) is 10.4. The van der Waals surface area contributed by atoms with Gasteiger partial charge in [-0.05, 0) is 47.2 Å². The number of hydrogen-bond acceptors (Lipinski definition) is 5. The Bertz CT molecular complexity index is 1330. The Morgan fingerprint density at radius 3 is 2.05 bits per heavy atom. The van der Waals surface area contributed by atoms with Crippen molar-refractivity contribution in [2.24, 2.45) is 11.8 Å². The number of carbonyl (C=O) groups is 1. The van der Waals surface area contributed by atoms with Gasteiger partial charge in [-0.1, -0.05) is 24.3 Å². The van der Waals surface area contributed by atoms with Gasteiger partial charge in [-0.25, -0.2) is 13.6 Å². The Labute approximate surface area is 258 Å². The zero-order valence-electron chi connectivity index (χ0n) is 22.7. The number of aliphatic carboxylic acids is 1. The Balaban J connectivity index is 0.00000253. The Morgan fingerprint density at radius 1 is 0.907 bits per heavy atom. The van der Waals surface area contributed by atoms with E-state index in [4.69, 9.17) is 9.47 Å². The lowest BCUT2D eigenvalue weighted by molar-refractivity contribution is -0.145. The van der Waals surface area contributed by atoms with E-state index in [1.807, 2.05) is 0 Å². The van der Waals surface area contributed by atoms with Crippen LogP contribution in [0, 0.1) is 23.5 Å². The fraction of sp³-hybridized carbons (Fsp3) is 0.367. The molecular formula is C30H31Cl2F5N2O4. The fourth-order valence-corrected chi connectivity index (χ4v) is 5.37. The topological polar surface area (TPSA) is 71.0 Å². The number of nitrogens with zero attached hydrogens (tertiary/aromatic N) is 1. The number of piperidine rings is 1. The van der Waals surface area contributed by atoms with Crippen LogP contribution >= 0.6 is 24.8 Å². The van der Waals surface area contributed by atoms with Gasteiger partial charge in [-0.15, -0.1) is 24.8 Å². The first kappa shape index (κ1) is 34.4. The van der Waals surface area contributed by atoms with E-state index in [-0.39, 0.29) is 37.0 Å². The molecule has 1 saturated carbocycles. The third kappa shape index (κ3) is 9.18. The summed E-state index contributed by atoms with van der Waals surface area (Å²) in [5, 5.41) is 13.0. The molecule has 1 aliphatic heterocycles. The summed E-state index contributed by atoms with van der Waals surface area (Å²) >= 11 is 0. The largest absolute Gasteiger partial charge is 0.492 e. The molecule has 13 heteroatoms. The van der Waals surface area contributed by atoms with Gasteiger partial charge in [0, 0.05) is 56.8 Å². The molecule has 0 spiro atoms. The number of halogens is 7. The maximum absolute atomic E-state index is 13.4. The fourth-order valence-electron chi connectivity index (χ4n) is 5.37. The Morgan fingerprint density at radius 2 is 1.49 bits per heavy atom. The molecule has 6 nitrogen and oxygen atoms in total. The number of fused-ring (bicyclic) bond motifs is 1. The van der Waals surface area contributed by atoms with Gasteiger partial charge < -0.3 is 19.9 Å². The van der Waals surface area contributed by atoms with Crippen LogP contribution in [0.2, 0.25) is 0 Å². The van der Waals surface area contributed by atoms with Gasteiger partial charge in [0.25, 0.3) is 0 Å². The van der Waals surface area contributed by atoms with Crippen molar-refractivity contribution in [1.82, 2.24) is 10.2 Å². The predicted molar refractivity (Wildman–Crippen MR) is 154 cm³/mol. The summed E-state index contributed by atoms with van der Waals surface area (Å²) in [6.45, 7) is 3.54. The van der Waals surface area contributed by atoms with E-state index in [2.05, 4.69) is 10.2 Å². The summed E-state index contributed by atoms with van der Waals surface area (Å²) in [5.74, 6) is -1.50. The van der Waals surface area contributed by atoms with Crippen LogP contribution < -0.4 is 14.8 Å². The number of carboxylic acid groups (broad SMARTS) is 1. The number of hydrogen-bond donors (Lipinski definition) is 2. The molecule has 1 aliphatic carbocycles. The predicted octanol–water partition coefficient (Wildman–Crippen LogP) is 6.00. The molecule has 0 bridgehead atoms. The van der Waals surface area contributed by atoms with Crippen LogP contribution in [-0.2, 0) is 23.9 Å². The molecule has 1 heterocycles. The highest BCUT2D eigenvalue weighted by Crippen LogP contribution is 2.45. The third-order valence-corrected chi connectivity index (χ3v) is 7.44. The lowest BCUT2D eigenvalue weighted by Crippen LogP contribution is -2.33. The van der Waals surface area contributed by atoms with Gasteiger partial charge in [0.1, 0.15) is 29.7 Å². The second-order valence-electron chi connectivity index (χ2n) is 10.4. The second kappa shape index (κ2) is 14.6. The number of nitrogens with one attached hydrogen (secondary N) is 1. The van der Waals surface area contributed by atoms with Crippen molar-refractivity contribution in [3.63, 3.8) is 0 Å². The van der Waals surface area contributed by atoms with Gasteiger partial charge in [0.15, 0.2) is 6.10 Å². The zero-order chi connectivity index (χ0) is 29.1. The van der Waals surface area contributed by atoms with Gasteiger partial charge >= 0.3 is 12.1 Å². The SMILES string of the molecule is Cl.Cl.O=C(O)[C@H](Cc1ccc(OCCN[C@H]2[C@@H]3CN(Cc4ccc(C(F)(F)F)cc4)C[C@@H]32)cc1)Oc1cc(F)cc(F)c1. The highest BCUT2D eigenvalue weighted by atomic mass is 35.5. The minimum Gasteiger partial charge on any atom is -0.492 e. The van der Waals surface area contributed by atoms with E-state index >= 15 is 0 Å². The Kier molecular flexibility index (Phi) is 11.6. The summed E-state index contributed by atoms with van der Waals surface area (Å²) in [6.07, 6.45) is -5.65. The molecule has 1 saturated heterocycles. The van der Waals surface area contributed by atoms with Crippen LogP contribution in [0.3, 0.4) is 0 Å². The van der Waals surface area contributed by atoms with Gasteiger partial charge in [0.2, 0.25) is 0 Å². The number of ether oxygens (including phenoxy) is 2. The maximum Gasteiger partial charge on any atom is 0.416 e. The molecule has 0 unspecified atom stereocenters. The van der Waals surface area contributed by atoms with E-state index in [1.54, 1.807) is 36.4 Å². The summed E-state index contributed by atoms with van der Waals surface area (Å²) in [4.78, 5) is 13.9. The average molecular weight is 649 g/mol. The minimum atomic E-state index is -4.32. The summed E-state index contributed by atoms with van der Waals surface area (Å²) in [5.41, 5.74) is 0.897. The average Bonchev–Trinajstić information content (AvgIpc) is 3.35. The summed E-state index contributed by atoms with van der Waals surface area (Å²) < 4.78 is 76.1. The number of benzene rings is 3. The van der Waals surface area contributed by atoms with E-state index in [1.165, 1.54) is 0 Å². The van der Waals surface area contributed by atoms with Crippen molar-refractivity contribution in [2.45, 2.75) is 31.3 Å². The van der Waals surface area contributed by atoms with Crippen LogP contribution in [0.4, 0.5) is 22.0 Å². The van der Waals surface area contributed by atoms with Crippen LogP contribution in [0.15, 0.2) is 66.7 Å². The molecule has 4 atom stereocenters. The molecule has 234 valence electrons. The molecule has 43 heavy (non-hydrogen) atoms. The molecule has 0 radical (unpaired) electrons. The maximum atomic E-state index is 13.4. The van der Waals surface area contributed by atoms with E-state index in [0.29, 0.717) is 55.0 Å². The van der Waals surface area contributed by atoms with Gasteiger partial charge in [-0.3, -0.25) is 4.90 Å². The summed E-state index contributed by atoms with van der Waals surface area (Å²) in [6, 6.07) is 15.2. The van der Waals surface area contributed by atoms with Crippen molar-refractivity contribution < 1.29 is 41.3 Å². The minimum absolute atomic E-state index is 0. The third-order valence-electron chi connectivity index (χ3n) is 7.44. The van der Waals surface area contributed by atoms with E-state index < -0.39 is 35.4 Å². The van der Waals surface area contributed by atoms with Crippen molar-refractivity contribution in [3.8, 4) is 11.5 Å². The molecular weight excluding hydrogens is 618 g/mol. The Hall–Kier alpha value is -3.12. The molecule has 2 fully saturated rings. The number of rotatable bonds is 12. The van der Waals surface area contributed by atoms with Crippen molar-refractivity contribution in [1.29, 1.82) is 0 Å².